The first kappa shape index (κ1) is 45.4. The summed E-state index contributed by atoms with van der Waals surface area (Å²) >= 11 is 0. The lowest BCUT2D eigenvalue weighted by atomic mass is 9.76. The minimum absolute atomic E-state index is 0.0512. The summed E-state index contributed by atoms with van der Waals surface area (Å²) in [6, 6.07) is 65.7. The molecule has 0 aliphatic carbocycles. The molecule has 346 valence electrons. The lowest BCUT2D eigenvalue weighted by Crippen LogP contribution is -2.30. The molecule has 0 spiro atoms. The number of allylic oxidation sites excluding steroid dienone is 1. The number of rotatable bonds is 10. The average Bonchev–Trinajstić information content (AvgIpc) is 3.96. The number of fused-ring (bicyclic) bond motifs is 3. The van der Waals surface area contributed by atoms with Crippen molar-refractivity contribution in [1.82, 2.24) is 9.55 Å². The Kier molecular flexibility index (Phi) is 11.4. The minimum Gasteiger partial charge on any atom is -0.457 e. The Morgan fingerprint density at radius 2 is 1.09 bits per heavy atom. The van der Waals surface area contributed by atoms with Crippen LogP contribution in [0, 0.1) is 5.41 Å². The van der Waals surface area contributed by atoms with Gasteiger partial charge in [0.1, 0.15) is 17.3 Å². The lowest BCUT2D eigenvalue weighted by molar-refractivity contribution is 0.479. The van der Waals surface area contributed by atoms with Crippen molar-refractivity contribution in [2.75, 3.05) is 16.5 Å². The van der Waals surface area contributed by atoms with E-state index in [1.807, 2.05) is 6.20 Å². The number of hydrogen-bond acceptors (Lipinski definition) is 4. The number of para-hydroxylation sites is 1. The summed E-state index contributed by atoms with van der Waals surface area (Å²) in [6.45, 7) is 23.6. The fourth-order valence-corrected chi connectivity index (χ4v) is 10.2. The smallest absolute Gasteiger partial charge is 0.137 e. The van der Waals surface area contributed by atoms with Crippen LogP contribution in [0.2, 0.25) is 0 Å². The second-order valence-electron chi connectivity index (χ2n) is 21.9. The summed E-state index contributed by atoms with van der Waals surface area (Å²) in [7, 11) is 0. The first-order valence-corrected chi connectivity index (χ1v) is 24.4. The molecule has 2 aromatic heterocycles. The van der Waals surface area contributed by atoms with Gasteiger partial charge in [0, 0.05) is 68.6 Å². The topological polar surface area (TPSA) is 33.5 Å². The van der Waals surface area contributed by atoms with Crippen molar-refractivity contribution in [3.05, 3.63) is 228 Å². The monoisotopic (exact) mass is 905 g/mol. The van der Waals surface area contributed by atoms with Crippen molar-refractivity contribution in [1.29, 1.82) is 0 Å². The third-order valence-electron chi connectivity index (χ3n) is 14.3. The number of nitrogens with zero attached hydrogens (tertiary/aromatic N) is 4. The van der Waals surface area contributed by atoms with Gasteiger partial charge in [-0.2, -0.15) is 0 Å². The predicted molar refractivity (Wildman–Crippen MR) is 290 cm³/mol. The highest BCUT2D eigenvalue weighted by atomic mass is 16.5. The zero-order valence-corrected chi connectivity index (χ0v) is 41.9. The van der Waals surface area contributed by atoms with E-state index in [9.17, 15) is 0 Å². The molecule has 1 aliphatic rings. The van der Waals surface area contributed by atoms with E-state index in [-0.39, 0.29) is 21.7 Å². The van der Waals surface area contributed by atoms with Gasteiger partial charge in [-0.05, 0) is 92.9 Å². The molecular weight excluding hydrogens is 841 g/mol. The van der Waals surface area contributed by atoms with Gasteiger partial charge in [-0.3, -0.25) is 4.57 Å². The molecule has 0 amide bonds. The molecule has 69 heavy (non-hydrogen) atoms. The summed E-state index contributed by atoms with van der Waals surface area (Å²) in [6.07, 6.45) is 4.29. The van der Waals surface area contributed by atoms with Gasteiger partial charge in [0.05, 0.1) is 17.7 Å². The van der Waals surface area contributed by atoms with E-state index in [1.54, 1.807) is 0 Å². The fraction of sp³-hybridized carbons (Fsp3) is 0.234. The standard InChI is InChI=1S/C64H64N4O/c1-61(2,3)48-33-34-65-59(38-48)68-56-32-21-20-31-54(56)60-55(64(9,10)47-27-18-13-19-28-47)40-53(41-57(60)68)69-52-36-45(44-23-14-11-15-24-44)35-51(39-52)67-43-66(42-58(67)62(4,5)6)50-30-22-29-49(37-50)63(7,8)46-25-16-12-17-26-46/h11-42H,43H2,1-10H3. The Balaban J connectivity index is 1.13. The van der Waals surface area contributed by atoms with Crippen LogP contribution < -0.4 is 14.5 Å². The summed E-state index contributed by atoms with van der Waals surface area (Å²) in [5.41, 5.74) is 13.3. The minimum atomic E-state index is -0.384. The molecule has 1 aliphatic heterocycles. The highest BCUT2D eigenvalue weighted by molar-refractivity contribution is 6.11. The van der Waals surface area contributed by atoms with Gasteiger partial charge in [-0.25, -0.2) is 4.98 Å². The largest absolute Gasteiger partial charge is 0.457 e. The molecule has 0 unspecified atom stereocenters. The molecule has 5 nitrogen and oxygen atoms in total. The van der Waals surface area contributed by atoms with E-state index in [1.165, 1.54) is 44.3 Å². The van der Waals surface area contributed by atoms with E-state index in [0.717, 1.165) is 50.9 Å². The van der Waals surface area contributed by atoms with Crippen molar-refractivity contribution < 1.29 is 4.74 Å². The Morgan fingerprint density at radius 3 is 1.77 bits per heavy atom. The second kappa shape index (κ2) is 17.3. The van der Waals surface area contributed by atoms with Crippen LogP contribution in [0.4, 0.5) is 11.4 Å². The van der Waals surface area contributed by atoms with Crippen LogP contribution in [0.5, 0.6) is 11.5 Å². The SMILES string of the molecule is CC(C)(C)C1=CN(c2cccc(C(C)(C)c3ccccc3)c2)CN1c1cc(Oc2cc(C(C)(C)c3ccccc3)c3c4ccccc4n(-c4cc(C(C)(C)C)ccn4)c3c2)cc(-c2ccccc2)c1. The number of pyridine rings is 1. The zero-order chi connectivity index (χ0) is 48.3. The molecule has 9 aromatic rings. The first-order valence-electron chi connectivity index (χ1n) is 24.4. The van der Waals surface area contributed by atoms with Crippen LogP contribution in [0.25, 0.3) is 38.8 Å². The maximum atomic E-state index is 7.32. The van der Waals surface area contributed by atoms with Crippen LogP contribution in [0.15, 0.2) is 200 Å². The van der Waals surface area contributed by atoms with E-state index in [0.29, 0.717) is 6.67 Å². The Bertz CT molecular complexity index is 3350. The highest BCUT2D eigenvalue weighted by Crippen LogP contribution is 2.47. The average molecular weight is 905 g/mol. The maximum absolute atomic E-state index is 7.32. The van der Waals surface area contributed by atoms with Crippen LogP contribution >= 0.6 is 0 Å². The van der Waals surface area contributed by atoms with E-state index < -0.39 is 0 Å². The molecule has 0 radical (unpaired) electrons. The van der Waals surface area contributed by atoms with Gasteiger partial charge < -0.3 is 14.5 Å². The van der Waals surface area contributed by atoms with Gasteiger partial charge >= 0.3 is 0 Å². The molecule has 3 heterocycles. The first-order chi connectivity index (χ1) is 33.0. The Morgan fingerprint density at radius 1 is 0.464 bits per heavy atom. The molecule has 0 N–H and O–H groups in total. The molecular formula is C64H64N4O. The van der Waals surface area contributed by atoms with E-state index >= 15 is 0 Å². The highest BCUT2D eigenvalue weighted by Gasteiger charge is 2.34. The van der Waals surface area contributed by atoms with Crippen LogP contribution in [0.1, 0.15) is 97.1 Å². The van der Waals surface area contributed by atoms with Crippen molar-refractivity contribution in [2.24, 2.45) is 5.41 Å². The number of benzene rings is 7. The number of anilines is 2. The molecule has 10 rings (SSSR count). The summed E-state index contributed by atoms with van der Waals surface area (Å²) < 4.78 is 9.65. The van der Waals surface area contributed by atoms with Crippen molar-refractivity contribution >= 4 is 33.2 Å². The van der Waals surface area contributed by atoms with Crippen LogP contribution in [-0.4, -0.2) is 16.2 Å². The number of aromatic nitrogens is 2. The molecule has 0 atom stereocenters. The van der Waals surface area contributed by atoms with Crippen molar-refractivity contribution in [3.8, 4) is 28.4 Å². The third-order valence-corrected chi connectivity index (χ3v) is 14.3. The van der Waals surface area contributed by atoms with Crippen LogP contribution in [-0.2, 0) is 16.2 Å². The third kappa shape index (κ3) is 8.60. The lowest BCUT2D eigenvalue weighted by Gasteiger charge is -2.32. The molecule has 0 saturated carbocycles. The quantitative estimate of drug-likeness (QED) is 0.137. The van der Waals surface area contributed by atoms with Gasteiger partial charge in [0.15, 0.2) is 0 Å². The predicted octanol–water partition coefficient (Wildman–Crippen LogP) is 16.8. The van der Waals surface area contributed by atoms with Gasteiger partial charge in [0.2, 0.25) is 0 Å². The van der Waals surface area contributed by atoms with Crippen molar-refractivity contribution in [3.63, 3.8) is 0 Å². The van der Waals surface area contributed by atoms with Gasteiger partial charge in [0.25, 0.3) is 0 Å². The van der Waals surface area contributed by atoms with Crippen molar-refractivity contribution in [2.45, 2.75) is 85.5 Å². The Labute approximate surface area is 409 Å². The summed E-state index contributed by atoms with van der Waals surface area (Å²) in [5.74, 6) is 2.42. The van der Waals surface area contributed by atoms with Gasteiger partial charge in [-0.15, -0.1) is 0 Å². The molecule has 0 fully saturated rings. The number of hydrogen-bond donors (Lipinski definition) is 0. The van der Waals surface area contributed by atoms with E-state index in [2.05, 4.69) is 272 Å². The number of ether oxygens (including phenoxy) is 1. The Hall–Kier alpha value is -7.37. The summed E-state index contributed by atoms with van der Waals surface area (Å²) in [4.78, 5) is 9.92. The van der Waals surface area contributed by atoms with Gasteiger partial charge in [-0.1, -0.05) is 191 Å². The molecule has 5 heteroatoms. The molecule has 7 aromatic carbocycles. The second-order valence-corrected chi connectivity index (χ2v) is 21.9. The van der Waals surface area contributed by atoms with Crippen LogP contribution in [0.3, 0.4) is 0 Å². The van der Waals surface area contributed by atoms with E-state index in [4.69, 9.17) is 9.72 Å². The zero-order valence-electron chi connectivity index (χ0n) is 41.9. The normalized spacial score (nSPS) is 13.6. The fourth-order valence-electron chi connectivity index (χ4n) is 10.2. The maximum Gasteiger partial charge on any atom is 0.137 e. The molecule has 0 saturated heterocycles. The molecule has 0 bridgehead atoms. The summed E-state index contributed by atoms with van der Waals surface area (Å²) in [5, 5.41) is 2.38.